The maximum absolute atomic E-state index is 5.86. The first-order valence-electron chi connectivity index (χ1n) is 6.79. The van der Waals surface area contributed by atoms with E-state index in [2.05, 4.69) is 32.8 Å². The summed E-state index contributed by atoms with van der Waals surface area (Å²) in [6.45, 7) is 5.35. The number of nitrogens with zero attached hydrogens (tertiary/aromatic N) is 4. The summed E-state index contributed by atoms with van der Waals surface area (Å²) < 4.78 is 5.86. The molecule has 0 saturated carbocycles. The molecule has 1 unspecified atom stereocenters. The lowest BCUT2D eigenvalue weighted by molar-refractivity contribution is 0.211. The van der Waals surface area contributed by atoms with Crippen LogP contribution in [-0.2, 0) is 6.54 Å². The fourth-order valence-corrected chi connectivity index (χ4v) is 2.48. The highest BCUT2D eigenvalue weighted by Gasteiger charge is 2.24. The summed E-state index contributed by atoms with van der Waals surface area (Å²) in [4.78, 5) is 14.2. The summed E-state index contributed by atoms with van der Waals surface area (Å²) >= 11 is 0. The van der Waals surface area contributed by atoms with Crippen LogP contribution in [0, 0.1) is 6.92 Å². The molecule has 0 saturated heterocycles. The monoisotopic (exact) mass is 286 g/mol. The van der Waals surface area contributed by atoms with E-state index in [9.17, 15) is 0 Å². The molecule has 0 spiro atoms. The van der Waals surface area contributed by atoms with Crippen molar-refractivity contribution in [2.75, 3.05) is 22.9 Å². The predicted molar refractivity (Wildman–Crippen MR) is 81.0 cm³/mol. The highest BCUT2D eigenvalue weighted by atomic mass is 16.5. The van der Waals surface area contributed by atoms with Gasteiger partial charge in [-0.15, -0.1) is 0 Å². The number of rotatable bonds is 2. The SMILES string of the molecule is Cc1ccc2c(c1)N(Cc1nc(N)nc(N)n1)CC(C)O2. The number of aromatic nitrogens is 3. The minimum Gasteiger partial charge on any atom is -0.487 e. The van der Waals surface area contributed by atoms with E-state index in [0.717, 1.165) is 18.0 Å². The van der Waals surface area contributed by atoms with Crippen LogP contribution in [0.1, 0.15) is 18.3 Å². The number of hydrogen-bond acceptors (Lipinski definition) is 7. The van der Waals surface area contributed by atoms with Crippen LogP contribution in [0.4, 0.5) is 17.6 Å². The van der Waals surface area contributed by atoms with Crippen LogP contribution < -0.4 is 21.1 Å². The van der Waals surface area contributed by atoms with Crippen molar-refractivity contribution in [1.82, 2.24) is 15.0 Å². The van der Waals surface area contributed by atoms with Crippen molar-refractivity contribution >= 4 is 17.6 Å². The van der Waals surface area contributed by atoms with E-state index in [4.69, 9.17) is 16.2 Å². The quantitative estimate of drug-likeness (QED) is 0.853. The summed E-state index contributed by atoms with van der Waals surface area (Å²) in [6.07, 6.45) is 0.0942. The van der Waals surface area contributed by atoms with Gasteiger partial charge in [-0.2, -0.15) is 15.0 Å². The number of nitrogen functional groups attached to an aromatic ring is 2. The molecule has 21 heavy (non-hydrogen) atoms. The molecular formula is C14H18N6O. The predicted octanol–water partition coefficient (Wildman–Crippen LogP) is 1.13. The summed E-state index contributed by atoms with van der Waals surface area (Å²) in [5, 5.41) is 0. The van der Waals surface area contributed by atoms with Crippen LogP contribution in [-0.4, -0.2) is 27.6 Å². The zero-order chi connectivity index (χ0) is 15.0. The smallest absolute Gasteiger partial charge is 0.225 e. The lowest BCUT2D eigenvalue weighted by Gasteiger charge is -2.34. The van der Waals surface area contributed by atoms with Crippen LogP contribution >= 0.6 is 0 Å². The van der Waals surface area contributed by atoms with Gasteiger partial charge in [-0.05, 0) is 31.5 Å². The first kappa shape index (κ1) is 13.4. The largest absolute Gasteiger partial charge is 0.487 e. The highest BCUT2D eigenvalue weighted by Crippen LogP contribution is 2.34. The van der Waals surface area contributed by atoms with Gasteiger partial charge in [0.15, 0.2) is 5.82 Å². The topological polar surface area (TPSA) is 103 Å². The number of anilines is 3. The molecule has 2 aromatic rings. The van der Waals surface area contributed by atoms with Crippen LogP contribution in [0.5, 0.6) is 5.75 Å². The molecule has 1 aromatic carbocycles. The van der Waals surface area contributed by atoms with E-state index < -0.39 is 0 Å². The van der Waals surface area contributed by atoms with Gasteiger partial charge in [0, 0.05) is 0 Å². The Labute approximate surface area is 123 Å². The molecule has 4 N–H and O–H groups in total. The van der Waals surface area contributed by atoms with Crippen LogP contribution in [0.15, 0.2) is 18.2 Å². The van der Waals surface area contributed by atoms with Gasteiger partial charge in [-0.25, -0.2) is 0 Å². The highest BCUT2D eigenvalue weighted by molar-refractivity contribution is 5.61. The Kier molecular flexibility index (Phi) is 3.25. The van der Waals surface area contributed by atoms with E-state index >= 15 is 0 Å². The van der Waals surface area contributed by atoms with Crippen molar-refractivity contribution in [3.8, 4) is 5.75 Å². The van der Waals surface area contributed by atoms with Crippen molar-refractivity contribution in [3.63, 3.8) is 0 Å². The molecule has 7 nitrogen and oxygen atoms in total. The minimum atomic E-state index is 0.0942. The second kappa shape index (κ2) is 5.08. The van der Waals surface area contributed by atoms with Crippen molar-refractivity contribution in [1.29, 1.82) is 0 Å². The fraction of sp³-hybridized carbons (Fsp3) is 0.357. The third-order valence-electron chi connectivity index (χ3n) is 3.31. The molecular weight excluding hydrogens is 268 g/mol. The summed E-state index contributed by atoms with van der Waals surface area (Å²) in [5.41, 5.74) is 13.5. The second-order valence-electron chi connectivity index (χ2n) is 5.25. The zero-order valence-electron chi connectivity index (χ0n) is 12.1. The Balaban J connectivity index is 1.93. The normalized spacial score (nSPS) is 17.2. The third kappa shape index (κ3) is 2.81. The molecule has 0 bridgehead atoms. The number of benzene rings is 1. The van der Waals surface area contributed by atoms with Gasteiger partial charge < -0.3 is 21.1 Å². The molecule has 110 valence electrons. The molecule has 1 atom stereocenters. The third-order valence-corrected chi connectivity index (χ3v) is 3.31. The Morgan fingerprint density at radius 1 is 1.24 bits per heavy atom. The van der Waals surface area contributed by atoms with E-state index in [1.807, 2.05) is 19.1 Å². The molecule has 1 aromatic heterocycles. The molecule has 2 heterocycles. The molecule has 0 fully saturated rings. The van der Waals surface area contributed by atoms with Gasteiger partial charge >= 0.3 is 0 Å². The fourth-order valence-electron chi connectivity index (χ4n) is 2.48. The molecule has 1 aliphatic heterocycles. The number of aryl methyl sites for hydroxylation is 1. The lowest BCUT2D eigenvalue weighted by Crippen LogP contribution is -2.38. The number of hydrogen-bond donors (Lipinski definition) is 2. The van der Waals surface area contributed by atoms with E-state index in [0.29, 0.717) is 12.4 Å². The average molecular weight is 286 g/mol. The van der Waals surface area contributed by atoms with Crippen molar-refractivity contribution in [2.24, 2.45) is 0 Å². The number of fused-ring (bicyclic) bond motifs is 1. The van der Waals surface area contributed by atoms with Crippen LogP contribution in [0.25, 0.3) is 0 Å². The number of ether oxygens (including phenoxy) is 1. The van der Waals surface area contributed by atoms with Gasteiger partial charge in [0.05, 0.1) is 18.8 Å². The van der Waals surface area contributed by atoms with Crippen LogP contribution in [0.2, 0.25) is 0 Å². The standard InChI is InChI=1S/C14H18N6O/c1-8-3-4-11-10(5-8)20(6-9(2)21-11)7-12-17-13(15)19-14(16)18-12/h3-5,9H,6-7H2,1-2H3,(H4,15,16,17,18,19). The molecule has 0 radical (unpaired) electrons. The van der Waals surface area contributed by atoms with Gasteiger partial charge in [0.1, 0.15) is 11.9 Å². The summed E-state index contributed by atoms with van der Waals surface area (Å²) in [7, 11) is 0. The summed E-state index contributed by atoms with van der Waals surface area (Å²) in [6, 6.07) is 6.12. The lowest BCUT2D eigenvalue weighted by atomic mass is 10.1. The Morgan fingerprint density at radius 2 is 1.95 bits per heavy atom. The summed E-state index contributed by atoms with van der Waals surface area (Å²) in [5.74, 6) is 1.71. The average Bonchev–Trinajstić information content (AvgIpc) is 2.38. The van der Waals surface area contributed by atoms with Crippen LogP contribution in [0.3, 0.4) is 0 Å². The molecule has 0 amide bonds. The van der Waals surface area contributed by atoms with E-state index in [1.54, 1.807) is 0 Å². The van der Waals surface area contributed by atoms with Gasteiger partial charge in [-0.3, -0.25) is 0 Å². The Morgan fingerprint density at radius 3 is 2.67 bits per heavy atom. The van der Waals surface area contributed by atoms with E-state index in [1.165, 1.54) is 5.56 Å². The molecule has 0 aliphatic carbocycles. The molecule has 3 rings (SSSR count). The minimum absolute atomic E-state index is 0.0942. The first-order valence-corrected chi connectivity index (χ1v) is 6.79. The van der Waals surface area contributed by atoms with E-state index in [-0.39, 0.29) is 18.0 Å². The number of nitrogens with two attached hydrogens (primary N) is 2. The van der Waals surface area contributed by atoms with Gasteiger partial charge in [-0.1, -0.05) is 6.07 Å². The van der Waals surface area contributed by atoms with Crippen molar-refractivity contribution in [2.45, 2.75) is 26.5 Å². The Bertz CT molecular complexity index is 654. The van der Waals surface area contributed by atoms with Gasteiger partial charge in [0.2, 0.25) is 11.9 Å². The zero-order valence-corrected chi connectivity index (χ0v) is 12.1. The molecule has 1 aliphatic rings. The van der Waals surface area contributed by atoms with Crippen molar-refractivity contribution in [3.05, 3.63) is 29.6 Å². The first-order chi connectivity index (χ1) is 10.0. The maximum atomic E-state index is 5.86. The molecule has 7 heteroatoms. The van der Waals surface area contributed by atoms with Crippen molar-refractivity contribution < 1.29 is 4.74 Å². The Hall–Kier alpha value is -2.57. The maximum Gasteiger partial charge on any atom is 0.225 e. The van der Waals surface area contributed by atoms with Gasteiger partial charge in [0.25, 0.3) is 0 Å². The second-order valence-corrected chi connectivity index (χ2v) is 5.25.